The number of nitro groups is 1. The summed E-state index contributed by atoms with van der Waals surface area (Å²) in [4.78, 5) is 27.4. The molecule has 1 N–H and O–H groups in total. The number of carbonyl (C=O) groups excluding carboxylic acids is 1. The quantitative estimate of drug-likeness (QED) is 0.438. The lowest BCUT2D eigenvalue weighted by Gasteiger charge is -2.21. The molecule has 9 heteroatoms. The van der Waals surface area contributed by atoms with Gasteiger partial charge in [-0.3, -0.25) is 14.9 Å². The SMILES string of the molecule is CC[C@@H](C)[C@@H](NC(=O)c1ccccc1Cl)c1nc(-c2ccc([N+](=O)[O-])cc2)no1. The van der Waals surface area contributed by atoms with Crippen LogP contribution < -0.4 is 5.32 Å². The minimum atomic E-state index is -0.511. The van der Waals surface area contributed by atoms with Crippen LogP contribution in [0.3, 0.4) is 0 Å². The van der Waals surface area contributed by atoms with Crippen molar-refractivity contribution in [1.29, 1.82) is 0 Å². The zero-order valence-electron chi connectivity index (χ0n) is 15.8. The van der Waals surface area contributed by atoms with E-state index in [2.05, 4.69) is 15.5 Å². The highest BCUT2D eigenvalue weighted by Crippen LogP contribution is 2.27. The zero-order chi connectivity index (χ0) is 21.0. The van der Waals surface area contributed by atoms with E-state index < -0.39 is 11.0 Å². The van der Waals surface area contributed by atoms with Gasteiger partial charge in [-0.05, 0) is 30.2 Å². The first kappa shape index (κ1) is 20.5. The number of nitro benzene ring substituents is 1. The molecule has 3 aromatic rings. The largest absolute Gasteiger partial charge is 0.340 e. The van der Waals surface area contributed by atoms with Crippen molar-refractivity contribution in [2.24, 2.45) is 5.92 Å². The van der Waals surface area contributed by atoms with E-state index >= 15 is 0 Å². The molecular weight excluding hydrogens is 396 g/mol. The number of nitrogens with zero attached hydrogens (tertiary/aromatic N) is 3. The number of aromatic nitrogens is 2. The molecule has 0 radical (unpaired) electrons. The Balaban J connectivity index is 1.85. The minimum absolute atomic E-state index is 0.0200. The molecular formula is C20H19ClN4O4. The molecule has 0 fully saturated rings. The number of carbonyl (C=O) groups is 1. The molecule has 0 aliphatic carbocycles. The lowest BCUT2D eigenvalue weighted by atomic mass is 9.98. The first-order valence-corrected chi connectivity index (χ1v) is 9.42. The van der Waals surface area contributed by atoms with Gasteiger partial charge >= 0.3 is 0 Å². The summed E-state index contributed by atoms with van der Waals surface area (Å²) in [5.41, 5.74) is 0.908. The van der Waals surface area contributed by atoms with Crippen molar-refractivity contribution < 1.29 is 14.2 Å². The summed E-state index contributed by atoms with van der Waals surface area (Å²) in [7, 11) is 0. The van der Waals surface area contributed by atoms with E-state index in [1.165, 1.54) is 12.1 Å². The fourth-order valence-electron chi connectivity index (χ4n) is 2.76. The van der Waals surface area contributed by atoms with Gasteiger partial charge in [0.2, 0.25) is 11.7 Å². The van der Waals surface area contributed by atoms with Crippen LogP contribution in [0, 0.1) is 16.0 Å². The molecule has 2 aromatic carbocycles. The maximum Gasteiger partial charge on any atom is 0.269 e. The number of hydrogen-bond acceptors (Lipinski definition) is 6. The van der Waals surface area contributed by atoms with E-state index in [9.17, 15) is 14.9 Å². The van der Waals surface area contributed by atoms with Crippen LogP contribution in [-0.4, -0.2) is 21.0 Å². The van der Waals surface area contributed by atoms with E-state index in [-0.39, 0.29) is 29.2 Å². The van der Waals surface area contributed by atoms with Gasteiger partial charge in [0.25, 0.3) is 11.6 Å². The predicted molar refractivity (Wildman–Crippen MR) is 108 cm³/mol. The number of amides is 1. The van der Waals surface area contributed by atoms with Crippen LogP contribution >= 0.6 is 11.6 Å². The molecule has 3 rings (SSSR count). The highest BCUT2D eigenvalue weighted by atomic mass is 35.5. The van der Waals surface area contributed by atoms with Gasteiger partial charge in [0.1, 0.15) is 6.04 Å². The van der Waals surface area contributed by atoms with Crippen LogP contribution in [-0.2, 0) is 0 Å². The molecule has 0 spiro atoms. The molecule has 150 valence electrons. The highest BCUT2D eigenvalue weighted by molar-refractivity contribution is 6.33. The number of non-ortho nitro benzene ring substituents is 1. The second-order valence-electron chi connectivity index (χ2n) is 6.58. The van der Waals surface area contributed by atoms with Crippen LogP contribution in [0.4, 0.5) is 5.69 Å². The normalized spacial score (nSPS) is 12.9. The maximum atomic E-state index is 12.7. The third-order valence-electron chi connectivity index (χ3n) is 4.66. The lowest BCUT2D eigenvalue weighted by Crippen LogP contribution is -2.33. The average molecular weight is 415 g/mol. The van der Waals surface area contributed by atoms with Crippen molar-refractivity contribution in [2.45, 2.75) is 26.3 Å². The van der Waals surface area contributed by atoms with Gasteiger partial charge in [0, 0.05) is 17.7 Å². The van der Waals surface area contributed by atoms with Crippen LogP contribution in [0.2, 0.25) is 5.02 Å². The topological polar surface area (TPSA) is 111 Å². The third kappa shape index (κ3) is 4.60. The van der Waals surface area contributed by atoms with E-state index in [0.717, 1.165) is 6.42 Å². The van der Waals surface area contributed by atoms with Crippen LogP contribution in [0.25, 0.3) is 11.4 Å². The van der Waals surface area contributed by atoms with Crippen LogP contribution in [0.5, 0.6) is 0 Å². The molecule has 0 saturated heterocycles. The van der Waals surface area contributed by atoms with E-state index in [0.29, 0.717) is 16.1 Å². The molecule has 1 aromatic heterocycles. The molecule has 0 aliphatic heterocycles. The summed E-state index contributed by atoms with van der Waals surface area (Å²) in [6.07, 6.45) is 0.767. The van der Waals surface area contributed by atoms with Crippen molar-refractivity contribution in [3.8, 4) is 11.4 Å². The molecule has 0 saturated carbocycles. The third-order valence-corrected chi connectivity index (χ3v) is 4.99. The van der Waals surface area contributed by atoms with Gasteiger partial charge in [0.15, 0.2) is 0 Å². The first-order chi connectivity index (χ1) is 13.9. The number of halogens is 1. The summed E-state index contributed by atoms with van der Waals surface area (Å²) >= 11 is 6.12. The predicted octanol–water partition coefficient (Wildman–Crippen LogP) is 4.82. The van der Waals surface area contributed by atoms with Crippen molar-refractivity contribution in [2.75, 3.05) is 0 Å². The van der Waals surface area contributed by atoms with Crippen molar-refractivity contribution in [3.05, 3.63) is 75.1 Å². The molecule has 8 nitrogen and oxygen atoms in total. The monoisotopic (exact) mass is 414 g/mol. The summed E-state index contributed by atoms with van der Waals surface area (Å²) in [6, 6.07) is 12.1. The molecule has 0 bridgehead atoms. The van der Waals surface area contributed by atoms with E-state index in [4.69, 9.17) is 16.1 Å². The average Bonchev–Trinajstić information content (AvgIpc) is 3.21. The zero-order valence-corrected chi connectivity index (χ0v) is 16.6. The smallest absolute Gasteiger partial charge is 0.269 e. The number of benzene rings is 2. The Labute approximate surface area is 172 Å². The molecule has 1 amide bonds. The van der Waals surface area contributed by atoms with Gasteiger partial charge in [-0.25, -0.2) is 0 Å². The summed E-state index contributed by atoms with van der Waals surface area (Å²) in [5, 5.41) is 18.0. The van der Waals surface area contributed by atoms with Gasteiger partial charge in [-0.15, -0.1) is 0 Å². The molecule has 1 heterocycles. The molecule has 29 heavy (non-hydrogen) atoms. The van der Waals surface area contributed by atoms with Gasteiger partial charge in [-0.2, -0.15) is 4.98 Å². The van der Waals surface area contributed by atoms with Crippen molar-refractivity contribution in [3.63, 3.8) is 0 Å². The minimum Gasteiger partial charge on any atom is -0.340 e. The fourth-order valence-corrected chi connectivity index (χ4v) is 2.98. The maximum absolute atomic E-state index is 12.7. The summed E-state index contributed by atoms with van der Waals surface area (Å²) in [6.45, 7) is 3.96. The second kappa shape index (κ2) is 8.83. The Morgan fingerprint density at radius 3 is 2.55 bits per heavy atom. The Hall–Kier alpha value is -3.26. The standard InChI is InChI=1S/C20H19ClN4O4/c1-3-12(2)17(22-19(26)15-6-4-5-7-16(15)21)20-23-18(24-29-20)13-8-10-14(11-9-13)25(27)28/h4-12,17H,3H2,1-2H3,(H,22,26)/t12-,17-/m1/s1. The molecule has 0 unspecified atom stereocenters. The Bertz CT molecular complexity index is 1020. The van der Waals surface area contributed by atoms with Gasteiger partial charge < -0.3 is 9.84 Å². The van der Waals surface area contributed by atoms with Crippen LogP contribution in [0.1, 0.15) is 42.6 Å². The number of nitrogens with one attached hydrogen (secondary N) is 1. The molecule has 2 atom stereocenters. The first-order valence-electron chi connectivity index (χ1n) is 9.04. The second-order valence-corrected chi connectivity index (χ2v) is 6.98. The Morgan fingerprint density at radius 1 is 1.24 bits per heavy atom. The summed E-state index contributed by atoms with van der Waals surface area (Å²) in [5.74, 6) is 0.228. The lowest BCUT2D eigenvalue weighted by molar-refractivity contribution is -0.384. The molecule has 0 aliphatic rings. The van der Waals surface area contributed by atoms with E-state index in [1.54, 1.807) is 36.4 Å². The van der Waals surface area contributed by atoms with Crippen LogP contribution in [0.15, 0.2) is 53.1 Å². The Morgan fingerprint density at radius 2 is 1.93 bits per heavy atom. The number of rotatable bonds is 7. The van der Waals surface area contributed by atoms with Gasteiger partial charge in [-0.1, -0.05) is 49.2 Å². The van der Waals surface area contributed by atoms with Crippen molar-refractivity contribution in [1.82, 2.24) is 15.5 Å². The van der Waals surface area contributed by atoms with Gasteiger partial charge in [0.05, 0.1) is 15.5 Å². The van der Waals surface area contributed by atoms with Crippen molar-refractivity contribution >= 4 is 23.2 Å². The van der Waals surface area contributed by atoms with E-state index in [1.807, 2.05) is 13.8 Å². The fraction of sp³-hybridized carbons (Fsp3) is 0.250. The summed E-state index contributed by atoms with van der Waals surface area (Å²) < 4.78 is 5.41. The Kier molecular flexibility index (Phi) is 6.23. The number of hydrogen-bond donors (Lipinski definition) is 1. The highest BCUT2D eigenvalue weighted by Gasteiger charge is 2.27.